The third-order valence-electron chi connectivity index (χ3n) is 3.01. The zero-order valence-corrected chi connectivity index (χ0v) is 14.9. The van der Waals surface area contributed by atoms with Crippen LogP contribution in [0.4, 0.5) is 0 Å². The van der Waals surface area contributed by atoms with Crippen molar-refractivity contribution < 1.29 is 14.2 Å². The Morgan fingerprint density at radius 3 is 1.61 bits per heavy atom. The van der Waals surface area contributed by atoms with Crippen LogP contribution in [0.3, 0.4) is 0 Å². The van der Waals surface area contributed by atoms with Gasteiger partial charge in [0.25, 0.3) is 0 Å². The summed E-state index contributed by atoms with van der Waals surface area (Å²) in [6, 6.07) is 14.0. The number of hydrogen-bond donors (Lipinski definition) is 0. The largest absolute Gasteiger partial charge is 0.494 e. The van der Waals surface area contributed by atoms with Gasteiger partial charge in [0.1, 0.15) is 17.2 Å². The van der Waals surface area contributed by atoms with Crippen LogP contribution in [0.1, 0.15) is 34.6 Å². The molecule has 0 amide bonds. The van der Waals surface area contributed by atoms with E-state index in [4.69, 9.17) is 14.2 Å². The minimum Gasteiger partial charge on any atom is -0.494 e. The summed E-state index contributed by atoms with van der Waals surface area (Å²) >= 11 is 0. The van der Waals surface area contributed by atoms with Crippen LogP contribution < -0.4 is 14.2 Å². The monoisotopic (exact) mass is 316 g/mol. The predicted octanol–water partition coefficient (Wildman–Crippen LogP) is 5.58. The molecule has 0 heterocycles. The van der Waals surface area contributed by atoms with Gasteiger partial charge in [0.15, 0.2) is 0 Å². The Morgan fingerprint density at radius 1 is 0.696 bits per heavy atom. The maximum absolute atomic E-state index is 5.81. The molecule has 0 saturated heterocycles. The summed E-state index contributed by atoms with van der Waals surface area (Å²) < 4.78 is 17.2. The zero-order valence-electron chi connectivity index (χ0n) is 14.9. The highest BCUT2D eigenvalue weighted by molar-refractivity contribution is 5.78. The molecule has 2 rings (SSSR count). The van der Waals surface area contributed by atoms with E-state index in [0.717, 1.165) is 28.4 Å². The molecule has 3 nitrogen and oxygen atoms in total. The lowest BCUT2D eigenvalue weighted by atomic mass is 10.0. The second-order valence-electron chi connectivity index (χ2n) is 4.46. The average molecular weight is 316 g/mol. The summed E-state index contributed by atoms with van der Waals surface area (Å²) in [6.45, 7) is 11.7. The molecular weight excluding hydrogens is 288 g/mol. The molecule has 0 aliphatic rings. The van der Waals surface area contributed by atoms with Gasteiger partial charge in [0, 0.05) is 12.1 Å². The quantitative estimate of drug-likeness (QED) is 0.667. The summed E-state index contributed by atoms with van der Waals surface area (Å²) in [5.74, 6) is 2.35. The predicted molar refractivity (Wildman–Crippen MR) is 96.7 cm³/mol. The van der Waals surface area contributed by atoms with Gasteiger partial charge in [-0.2, -0.15) is 0 Å². The molecule has 0 aliphatic heterocycles. The Hall–Kier alpha value is -2.16. The lowest BCUT2D eigenvalue weighted by Gasteiger charge is -2.17. The first-order valence-electron chi connectivity index (χ1n) is 8.42. The minimum atomic E-state index is 0.598. The van der Waals surface area contributed by atoms with E-state index < -0.39 is 0 Å². The number of rotatable bonds is 7. The fourth-order valence-corrected chi connectivity index (χ4v) is 2.24. The second kappa shape index (κ2) is 10.5. The summed E-state index contributed by atoms with van der Waals surface area (Å²) in [5.41, 5.74) is 2.05. The fourth-order valence-electron chi connectivity index (χ4n) is 2.24. The molecule has 0 aromatic heterocycles. The molecule has 0 radical (unpaired) electrons. The third-order valence-corrected chi connectivity index (χ3v) is 3.01. The van der Waals surface area contributed by atoms with Crippen LogP contribution in [-0.4, -0.2) is 19.8 Å². The molecule has 126 valence electrons. The first kappa shape index (κ1) is 18.9. The summed E-state index contributed by atoms with van der Waals surface area (Å²) in [6.07, 6.45) is 0. The Kier molecular flexibility index (Phi) is 8.66. The van der Waals surface area contributed by atoms with E-state index in [2.05, 4.69) is 12.1 Å². The van der Waals surface area contributed by atoms with Crippen molar-refractivity contribution in [2.24, 2.45) is 0 Å². The van der Waals surface area contributed by atoms with E-state index >= 15 is 0 Å². The summed E-state index contributed by atoms with van der Waals surface area (Å²) in [7, 11) is 0. The molecule has 0 atom stereocenters. The Labute approximate surface area is 140 Å². The highest BCUT2D eigenvalue weighted by Gasteiger charge is 2.15. The van der Waals surface area contributed by atoms with Crippen molar-refractivity contribution in [2.45, 2.75) is 34.6 Å². The van der Waals surface area contributed by atoms with Crippen LogP contribution in [-0.2, 0) is 0 Å². The van der Waals surface area contributed by atoms with E-state index in [0.29, 0.717) is 19.8 Å². The lowest BCUT2D eigenvalue weighted by molar-refractivity contribution is 0.309. The van der Waals surface area contributed by atoms with Crippen LogP contribution in [0, 0.1) is 0 Å². The van der Waals surface area contributed by atoms with Gasteiger partial charge >= 0.3 is 0 Å². The normalized spacial score (nSPS) is 9.61. The smallest absolute Gasteiger partial charge is 0.134 e. The second-order valence-corrected chi connectivity index (χ2v) is 4.46. The van der Waals surface area contributed by atoms with E-state index in [1.54, 1.807) is 0 Å². The Balaban J connectivity index is 0.00000127. The van der Waals surface area contributed by atoms with E-state index in [-0.39, 0.29) is 0 Å². The minimum absolute atomic E-state index is 0.598. The third kappa shape index (κ3) is 5.20. The molecule has 23 heavy (non-hydrogen) atoms. The molecule has 0 aliphatic carbocycles. The topological polar surface area (TPSA) is 27.7 Å². The average Bonchev–Trinajstić information content (AvgIpc) is 2.58. The van der Waals surface area contributed by atoms with Crippen molar-refractivity contribution in [3.63, 3.8) is 0 Å². The van der Waals surface area contributed by atoms with Crippen molar-refractivity contribution in [3.8, 4) is 28.4 Å². The number of hydrogen-bond acceptors (Lipinski definition) is 3. The number of benzene rings is 2. The van der Waals surface area contributed by atoms with Gasteiger partial charge in [0.2, 0.25) is 0 Å². The van der Waals surface area contributed by atoms with Crippen LogP contribution in [0.2, 0.25) is 0 Å². The Morgan fingerprint density at radius 2 is 1.17 bits per heavy atom. The molecule has 0 fully saturated rings. The molecule has 0 bridgehead atoms. The molecule has 2 aromatic rings. The zero-order chi connectivity index (χ0) is 17.1. The van der Waals surface area contributed by atoms with Crippen LogP contribution in [0.5, 0.6) is 17.2 Å². The van der Waals surface area contributed by atoms with Crippen molar-refractivity contribution in [3.05, 3.63) is 42.5 Å². The maximum atomic E-state index is 5.81. The van der Waals surface area contributed by atoms with E-state index in [1.165, 1.54) is 0 Å². The van der Waals surface area contributed by atoms with Crippen LogP contribution >= 0.6 is 0 Å². The van der Waals surface area contributed by atoms with E-state index in [9.17, 15) is 0 Å². The van der Waals surface area contributed by atoms with Gasteiger partial charge in [-0.3, -0.25) is 0 Å². The first-order chi connectivity index (χ1) is 11.3. The molecule has 0 unspecified atom stereocenters. The van der Waals surface area contributed by atoms with Crippen molar-refractivity contribution in [1.82, 2.24) is 0 Å². The molecular formula is C20H28O3. The van der Waals surface area contributed by atoms with Crippen LogP contribution in [0.25, 0.3) is 11.1 Å². The van der Waals surface area contributed by atoms with Crippen molar-refractivity contribution >= 4 is 0 Å². The first-order valence-corrected chi connectivity index (χ1v) is 8.42. The van der Waals surface area contributed by atoms with Crippen molar-refractivity contribution in [2.75, 3.05) is 19.8 Å². The van der Waals surface area contributed by atoms with Gasteiger partial charge in [-0.25, -0.2) is 0 Å². The van der Waals surface area contributed by atoms with Gasteiger partial charge in [0.05, 0.1) is 25.4 Å². The highest BCUT2D eigenvalue weighted by atomic mass is 16.5. The molecule has 2 aromatic carbocycles. The van der Waals surface area contributed by atoms with Gasteiger partial charge in [-0.1, -0.05) is 44.2 Å². The Bertz CT molecular complexity index is 537. The van der Waals surface area contributed by atoms with E-state index in [1.807, 2.05) is 65.0 Å². The summed E-state index contributed by atoms with van der Waals surface area (Å²) in [5, 5.41) is 0. The van der Waals surface area contributed by atoms with Crippen molar-refractivity contribution in [1.29, 1.82) is 0 Å². The van der Waals surface area contributed by atoms with Gasteiger partial charge < -0.3 is 14.2 Å². The number of ether oxygens (including phenoxy) is 3. The standard InChI is InChI=1S/C18H22O3.C2H6/c1-4-19-15-12-16(20-5-2)18(17(13-15)21-6-3)14-10-8-7-9-11-14;1-2/h7-13H,4-6H2,1-3H3;1-2H3. The maximum Gasteiger partial charge on any atom is 0.134 e. The fraction of sp³-hybridized carbons (Fsp3) is 0.400. The molecule has 3 heteroatoms. The summed E-state index contributed by atoms with van der Waals surface area (Å²) in [4.78, 5) is 0. The SMILES string of the molecule is CC.CCOc1cc(OCC)c(-c2ccccc2)c(OCC)c1. The van der Waals surface area contributed by atoms with Crippen LogP contribution in [0.15, 0.2) is 42.5 Å². The highest BCUT2D eigenvalue weighted by Crippen LogP contribution is 2.42. The van der Waals surface area contributed by atoms with Gasteiger partial charge in [-0.05, 0) is 26.3 Å². The lowest BCUT2D eigenvalue weighted by Crippen LogP contribution is -2.01. The van der Waals surface area contributed by atoms with Gasteiger partial charge in [-0.15, -0.1) is 0 Å². The molecule has 0 saturated carbocycles. The molecule has 0 spiro atoms. The molecule has 0 N–H and O–H groups in total.